The van der Waals surface area contributed by atoms with Gasteiger partial charge >= 0.3 is 5.97 Å². The van der Waals surface area contributed by atoms with Crippen LogP contribution >= 0.6 is 0 Å². The van der Waals surface area contributed by atoms with Crippen LogP contribution < -0.4 is 5.32 Å². The summed E-state index contributed by atoms with van der Waals surface area (Å²) in [5, 5.41) is 24.4. The zero-order valence-corrected chi connectivity index (χ0v) is 13.6. The van der Waals surface area contributed by atoms with Crippen molar-refractivity contribution in [3.05, 3.63) is 38.4 Å². The molecule has 25 heavy (non-hydrogen) atoms. The van der Waals surface area contributed by atoms with Gasteiger partial charge in [-0.1, -0.05) is 0 Å². The summed E-state index contributed by atoms with van der Waals surface area (Å²) in [4.78, 5) is 30.7. The Morgan fingerprint density at radius 1 is 1.04 bits per heavy atom. The highest BCUT2D eigenvalue weighted by atomic mass is 16.6. The molecule has 0 saturated heterocycles. The number of ether oxygens (including phenoxy) is 3. The number of rotatable bonds is 12. The first kappa shape index (κ1) is 20.3. The zero-order chi connectivity index (χ0) is 18.7. The van der Waals surface area contributed by atoms with Crippen molar-refractivity contribution < 1.29 is 28.9 Å². The first-order valence-electron chi connectivity index (χ1n) is 7.37. The first-order valence-corrected chi connectivity index (χ1v) is 7.37. The van der Waals surface area contributed by atoms with Crippen molar-refractivity contribution in [3.8, 4) is 0 Å². The number of nitro groups is 2. The molecule has 0 heterocycles. The van der Waals surface area contributed by atoms with Gasteiger partial charge in [-0.15, -0.1) is 0 Å². The van der Waals surface area contributed by atoms with Crippen LogP contribution in [0, 0.1) is 20.2 Å². The van der Waals surface area contributed by atoms with Crippen molar-refractivity contribution in [2.45, 2.75) is 6.92 Å². The number of non-ortho nitro benzene ring substituents is 1. The number of carbonyl (C=O) groups excluding carboxylic acids is 1. The van der Waals surface area contributed by atoms with Gasteiger partial charge in [0.1, 0.15) is 12.3 Å². The highest BCUT2D eigenvalue weighted by molar-refractivity contribution is 5.66. The van der Waals surface area contributed by atoms with Crippen LogP contribution in [-0.4, -0.2) is 55.4 Å². The SMILES string of the molecule is CC(=O)OCCOCCOCCNc1ccc([N+](=O)[O-])cc1[N+](=O)[O-]. The van der Waals surface area contributed by atoms with Gasteiger partial charge in [-0.3, -0.25) is 25.0 Å². The fraction of sp³-hybridized carbons (Fsp3) is 0.500. The molecule has 1 aromatic carbocycles. The maximum absolute atomic E-state index is 11.0. The Kier molecular flexibility index (Phi) is 8.82. The number of nitrogens with one attached hydrogen (secondary N) is 1. The molecule has 11 nitrogen and oxygen atoms in total. The number of carbonyl (C=O) groups is 1. The second kappa shape index (κ2) is 10.9. The quantitative estimate of drug-likeness (QED) is 0.255. The van der Waals surface area contributed by atoms with Gasteiger partial charge in [-0.05, 0) is 6.07 Å². The molecule has 138 valence electrons. The van der Waals surface area contributed by atoms with E-state index in [0.717, 1.165) is 6.07 Å². The van der Waals surface area contributed by atoms with Crippen molar-refractivity contribution in [3.63, 3.8) is 0 Å². The van der Waals surface area contributed by atoms with E-state index in [-0.39, 0.29) is 49.4 Å². The van der Waals surface area contributed by atoms with Crippen LogP contribution in [0.1, 0.15) is 6.92 Å². The third-order valence-electron chi connectivity index (χ3n) is 2.86. The van der Waals surface area contributed by atoms with Crippen LogP contribution in [0.15, 0.2) is 18.2 Å². The molecule has 0 fully saturated rings. The van der Waals surface area contributed by atoms with Crippen LogP contribution in [0.25, 0.3) is 0 Å². The number of anilines is 1. The molecule has 0 amide bonds. The Morgan fingerprint density at radius 3 is 2.28 bits per heavy atom. The second-order valence-electron chi connectivity index (χ2n) is 4.71. The number of nitro benzene ring substituents is 2. The van der Waals surface area contributed by atoms with Gasteiger partial charge in [-0.25, -0.2) is 0 Å². The van der Waals surface area contributed by atoms with Gasteiger partial charge in [0.2, 0.25) is 0 Å². The Bertz CT molecular complexity index is 608. The summed E-state index contributed by atoms with van der Waals surface area (Å²) in [6, 6.07) is 3.38. The van der Waals surface area contributed by atoms with E-state index < -0.39 is 9.85 Å². The molecule has 1 N–H and O–H groups in total. The lowest BCUT2D eigenvalue weighted by Gasteiger charge is -2.08. The molecule has 0 aromatic heterocycles. The molecule has 0 radical (unpaired) electrons. The molecule has 0 aliphatic heterocycles. The van der Waals surface area contributed by atoms with Crippen molar-refractivity contribution in [2.24, 2.45) is 0 Å². The molecular formula is C14H19N3O8. The van der Waals surface area contributed by atoms with E-state index in [4.69, 9.17) is 9.47 Å². The topological polar surface area (TPSA) is 143 Å². The Labute approximate surface area is 143 Å². The van der Waals surface area contributed by atoms with Crippen molar-refractivity contribution >= 4 is 23.0 Å². The van der Waals surface area contributed by atoms with Gasteiger partial charge in [-0.2, -0.15) is 0 Å². The van der Waals surface area contributed by atoms with E-state index >= 15 is 0 Å². The average molecular weight is 357 g/mol. The highest BCUT2D eigenvalue weighted by Crippen LogP contribution is 2.28. The zero-order valence-electron chi connectivity index (χ0n) is 13.6. The lowest BCUT2D eigenvalue weighted by atomic mass is 10.2. The van der Waals surface area contributed by atoms with E-state index in [1.165, 1.54) is 19.1 Å². The Morgan fingerprint density at radius 2 is 1.68 bits per heavy atom. The second-order valence-corrected chi connectivity index (χ2v) is 4.71. The predicted octanol–water partition coefficient (Wildman–Crippen LogP) is 1.51. The maximum Gasteiger partial charge on any atom is 0.302 e. The molecule has 0 unspecified atom stereocenters. The van der Waals surface area contributed by atoms with Crippen molar-refractivity contribution in [2.75, 3.05) is 44.9 Å². The smallest absolute Gasteiger partial charge is 0.302 e. The summed E-state index contributed by atoms with van der Waals surface area (Å²) in [6.07, 6.45) is 0. The molecule has 0 spiro atoms. The van der Waals surface area contributed by atoms with Gasteiger partial charge in [0, 0.05) is 19.5 Å². The first-order chi connectivity index (χ1) is 11.9. The van der Waals surface area contributed by atoms with E-state index in [1.807, 2.05) is 0 Å². The lowest BCUT2D eigenvalue weighted by Crippen LogP contribution is -2.14. The molecule has 11 heteroatoms. The summed E-state index contributed by atoms with van der Waals surface area (Å²) in [7, 11) is 0. The summed E-state index contributed by atoms with van der Waals surface area (Å²) in [6.45, 7) is 2.94. The average Bonchev–Trinajstić information content (AvgIpc) is 2.56. The van der Waals surface area contributed by atoms with E-state index in [0.29, 0.717) is 13.2 Å². The molecule has 1 rings (SSSR count). The number of hydrogen-bond acceptors (Lipinski definition) is 9. The van der Waals surface area contributed by atoms with Crippen LogP contribution in [0.4, 0.5) is 17.1 Å². The molecule has 0 bridgehead atoms. The van der Waals surface area contributed by atoms with Crippen LogP contribution in [0.3, 0.4) is 0 Å². The molecule has 0 saturated carbocycles. The van der Waals surface area contributed by atoms with Crippen LogP contribution in [-0.2, 0) is 19.0 Å². The minimum Gasteiger partial charge on any atom is -0.463 e. The summed E-state index contributed by atoms with van der Waals surface area (Å²) in [5.41, 5.74) is -0.542. The molecule has 0 atom stereocenters. The summed E-state index contributed by atoms with van der Waals surface area (Å²) < 4.78 is 15.1. The number of hydrogen-bond donors (Lipinski definition) is 1. The van der Waals surface area contributed by atoms with E-state index in [9.17, 15) is 25.0 Å². The van der Waals surface area contributed by atoms with Crippen molar-refractivity contribution in [1.82, 2.24) is 0 Å². The van der Waals surface area contributed by atoms with E-state index in [1.54, 1.807) is 0 Å². The largest absolute Gasteiger partial charge is 0.463 e. The highest BCUT2D eigenvalue weighted by Gasteiger charge is 2.18. The van der Waals surface area contributed by atoms with Crippen LogP contribution in [0.5, 0.6) is 0 Å². The third-order valence-corrected chi connectivity index (χ3v) is 2.86. The van der Waals surface area contributed by atoms with Gasteiger partial charge in [0.05, 0.1) is 42.3 Å². The normalized spacial score (nSPS) is 10.3. The third kappa shape index (κ3) is 8.04. The molecule has 1 aromatic rings. The Hall–Kier alpha value is -2.79. The molecule has 0 aliphatic carbocycles. The van der Waals surface area contributed by atoms with Gasteiger partial charge in [0.15, 0.2) is 0 Å². The lowest BCUT2D eigenvalue weighted by molar-refractivity contribution is -0.393. The fourth-order valence-electron chi connectivity index (χ4n) is 1.76. The summed E-state index contributed by atoms with van der Waals surface area (Å²) >= 11 is 0. The summed E-state index contributed by atoms with van der Waals surface area (Å²) in [5.74, 6) is -0.369. The fourth-order valence-corrected chi connectivity index (χ4v) is 1.76. The molecule has 0 aliphatic rings. The Balaban J connectivity index is 2.24. The van der Waals surface area contributed by atoms with Crippen molar-refractivity contribution in [1.29, 1.82) is 0 Å². The standard InChI is InChI=1S/C14H19N3O8/c1-11(18)25-9-8-24-7-6-23-5-4-15-13-3-2-12(16(19)20)10-14(13)17(21)22/h2-3,10,15H,4-9H2,1H3. The number of benzene rings is 1. The monoisotopic (exact) mass is 357 g/mol. The van der Waals surface area contributed by atoms with Crippen LogP contribution in [0.2, 0.25) is 0 Å². The number of esters is 1. The van der Waals surface area contributed by atoms with E-state index in [2.05, 4.69) is 10.1 Å². The number of nitrogens with zero attached hydrogens (tertiary/aromatic N) is 2. The molecular weight excluding hydrogens is 338 g/mol. The van der Waals surface area contributed by atoms with Gasteiger partial charge in [0.25, 0.3) is 11.4 Å². The minimum atomic E-state index is -0.693. The van der Waals surface area contributed by atoms with Gasteiger partial charge < -0.3 is 19.5 Å². The maximum atomic E-state index is 11.0. The predicted molar refractivity (Wildman–Crippen MR) is 86.5 cm³/mol. The minimum absolute atomic E-state index is 0.178.